The molecular weight excluding hydrogens is 558 g/mol. The third kappa shape index (κ3) is 7.75. The van der Waals surface area contributed by atoms with E-state index in [-0.39, 0.29) is 24.2 Å². The molecule has 3 aliphatic heterocycles. The first-order valence-electron chi connectivity index (χ1n) is 16.4. The van der Waals surface area contributed by atoms with Gasteiger partial charge in [-0.25, -0.2) is 4.79 Å². The molecule has 8 nitrogen and oxygen atoms in total. The number of amides is 1. The minimum absolute atomic E-state index is 0.00155. The summed E-state index contributed by atoms with van der Waals surface area (Å²) in [5.41, 5.74) is 1.14. The van der Waals surface area contributed by atoms with Gasteiger partial charge >= 0.3 is 5.97 Å². The van der Waals surface area contributed by atoms with E-state index in [1.807, 2.05) is 49.4 Å². The number of piperidine rings is 1. The van der Waals surface area contributed by atoms with E-state index in [0.717, 1.165) is 12.0 Å². The summed E-state index contributed by atoms with van der Waals surface area (Å²) in [6.45, 7) is 7.58. The predicted octanol–water partition coefficient (Wildman–Crippen LogP) is 5.37. The molecule has 1 amide bonds. The molecule has 2 fully saturated rings. The summed E-state index contributed by atoms with van der Waals surface area (Å²) in [5, 5.41) is 11.6. The maximum Gasteiger partial charge on any atom is 0.329 e. The number of allylic oxidation sites excluding steroid dienone is 3. The SMILES string of the molecule is CC[C@H](Cc1ccccc1)[C@@H]1/C=C/C/C=C/C[C@@H](C)C(=O)[C@@H](C)[C@@H]2CC[C@@H](C)[C@@](O)(O2)C(=O)C(=O)N2CCCC[C@H]2C(=O)O1. The Kier molecular flexibility index (Phi) is 11.7. The van der Waals surface area contributed by atoms with E-state index >= 15 is 0 Å². The van der Waals surface area contributed by atoms with Gasteiger partial charge in [0.2, 0.25) is 5.79 Å². The van der Waals surface area contributed by atoms with E-state index < -0.39 is 53.5 Å². The van der Waals surface area contributed by atoms with E-state index in [9.17, 15) is 24.3 Å². The minimum atomic E-state index is -2.37. The molecule has 0 aliphatic carbocycles. The van der Waals surface area contributed by atoms with Crippen molar-refractivity contribution in [1.82, 2.24) is 4.90 Å². The fraction of sp³-hybridized carbons (Fsp3) is 0.611. The smallest absolute Gasteiger partial charge is 0.329 e. The van der Waals surface area contributed by atoms with Gasteiger partial charge in [0.25, 0.3) is 11.7 Å². The number of hydrogen-bond donors (Lipinski definition) is 1. The summed E-state index contributed by atoms with van der Waals surface area (Å²) in [5.74, 6) is -6.45. The normalized spacial score (nSPS) is 35.0. The van der Waals surface area contributed by atoms with Crippen molar-refractivity contribution in [2.75, 3.05) is 6.54 Å². The molecule has 3 heterocycles. The monoisotopic (exact) mass is 607 g/mol. The molecule has 1 aromatic rings. The predicted molar refractivity (Wildman–Crippen MR) is 167 cm³/mol. The Morgan fingerprint density at radius 1 is 0.977 bits per heavy atom. The Morgan fingerprint density at radius 2 is 1.73 bits per heavy atom. The molecule has 4 rings (SSSR count). The second-order valence-electron chi connectivity index (χ2n) is 12.9. The van der Waals surface area contributed by atoms with Crippen LogP contribution >= 0.6 is 0 Å². The first-order chi connectivity index (χ1) is 21.1. The number of carbonyl (C=O) groups is 4. The van der Waals surface area contributed by atoms with Gasteiger partial charge in [0.15, 0.2) is 0 Å². The number of rotatable bonds is 4. The van der Waals surface area contributed by atoms with Crippen molar-refractivity contribution >= 4 is 23.4 Å². The van der Waals surface area contributed by atoms with E-state index in [0.29, 0.717) is 51.4 Å². The Balaban J connectivity index is 1.67. The van der Waals surface area contributed by atoms with Gasteiger partial charge in [0.1, 0.15) is 17.9 Å². The van der Waals surface area contributed by atoms with Crippen molar-refractivity contribution in [3.05, 3.63) is 60.2 Å². The summed E-state index contributed by atoms with van der Waals surface area (Å²) in [6.07, 6.45) is 11.9. The second kappa shape index (κ2) is 15.3. The van der Waals surface area contributed by atoms with Crippen LogP contribution in [0.1, 0.15) is 84.6 Å². The van der Waals surface area contributed by atoms with Crippen molar-refractivity contribution in [3.63, 3.8) is 0 Å². The van der Waals surface area contributed by atoms with E-state index in [2.05, 4.69) is 19.1 Å². The van der Waals surface area contributed by atoms with Crippen molar-refractivity contribution in [1.29, 1.82) is 0 Å². The lowest BCUT2D eigenvalue weighted by atomic mass is 9.81. The lowest BCUT2D eigenvalue weighted by molar-refractivity contribution is -0.268. The summed E-state index contributed by atoms with van der Waals surface area (Å²) < 4.78 is 12.2. The van der Waals surface area contributed by atoms with Crippen molar-refractivity contribution in [3.8, 4) is 0 Å². The molecule has 2 saturated heterocycles. The number of nitrogens with zero attached hydrogens (tertiary/aromatic N) is 1. The van der Waals surface area contributed by atoms with E-state index in [1.54, 1.807) is 13.8 Å². The molecule has 240 valence electrons. The van der Waals surface area contributed by atoms with Gasteiger partial charge in [-0.3, -0.25) is 14.4 Å². The van der Waals surface area contributed by atoms with Crippen LogP contribution in [0.4, 0.5) is 0 Å². The quantitative estimate of drug-likeness (QED) is 0.278. The number of cyclic esters (lactones) is 1. The largest absolute Gasteiger partial charge is 0.456 e. The zero-order valence-electron chi connectivity index (χ0n) is 26.7. The summed E-state index contributed by atoms with van der Waals surface area (Å²) >= 11 is 0. The Hall–Kier alpha value is -3.10. The van der Waals surface area contributed by atoms with Crippen LogP contribution in [0.25, 0.3) is 0 Å². The van der Waals surface area contributed by atoms with Gasteiger partial charge in [-0.15, -0.1) is 0 Å². The third-order valence-corrected chi connectivity index (χ3v) is 9.77. The second-order valence-corrected chi connectivity index (χ2v) is 12.9. The first kappa shape index (κ1) is 33.8. The number of carbonyl (C=O) groups excluding carboxylic acids is 4. The van der Waals surface area contributed by atoms with E-state index in [1.165, 1.54) is 4.90 Å². The van der Waals surface area contributed by atoms with Gasteiger partial charge in [-0.05, 0) is 69.4 Å². The average molecular weight is 608 g/mol. The third-order valence-electron chi connectivity index (χ3n) is 9.77. The molecule has 8 atom stereocenters. The zero-order valence-corrected chi connectivity index (χ0v) is 26.7. The van der Waals surface area contributed by atoms with E-state index in [4.69, 9.17) is 9.47 Å². The molecule has 0 unspecified atom stereocenters. The number of esters is 1. The van der Waals surface area contributed by atoms with Crippen molar-refractivity contribution in [2.45, 2.75) is 110 Å². The molecular formula is C36H49NO7. The highest BCUT2D eigenvalue weighted by atomic mass is 16.6. The molecule has 0 aromatic heterocycles. The van der Waals surface area contributed by atoms with Crippen molar-refractivity contribution < 1.29 is 33.8 Å². The maximum absolute atomic E-state index is 13.8. The topological polar surface area (TPSA) is 110 Å². The molecule has 0 radical (unpaired) electrons. The highest BCUT2D eigenvalue weighted by molar-refractivity contribution is 6.39. The molecule has 0 saturated carbocycles. The van der Waals surface area contributed by atoms with Crippen LogP contribution < -0.4 is 0 Å². The maximum atomic E-state index is 13.8. The number of benzene rings is 1. The van der Waals surface area contributed by atoms with Crippen LogP contribution in [0, 0.1) is 23.7 Å². The number of hydrogen-bond acceptors (Lipinski definition) is 7. The Morgan fingerprint density at radius 3 is 2.45 bits per heavy atom. The fourth-order valence-corrected chi connectivity index (χ4v) is 6.70. The average Bonchev–Trinajstić information content (AvgIpc) is 3.04. The molecule has 0 spiro atoms. The lowest BCUT2D eigenvalue weighted by Crippen LogP contribution is -2.61. The first-order valence-corrected chi connectivity index (χ1v) is 16.4. The summed E-state index contributed by atoms with van der Waals surface area (Å²) in [7, 11) is 0. The number of ketones is 2. The Bertz CT molecular complexity index is 1230. The number of Topliss-reactive ketones (excluding diaryl/α,β-unsaturated/α-hetero) is 2. The molecule has 1 N–H and O–H groups in total. The van der Waals surface area contributed by atoms with Gasteiger partial charge in [-0.2, -0.15) is 0 Å². The van der Waals surface area contributed by atoms with Gasteiger partial charge in [0, 0.05) is 30.2 Å². The highest BCUT2D eigenvalue weighted by Crippen LogP contribution is 2.37. The van der Waals surface area contributed by atoms with Crippen LogP contribution in [-0.4, -0.2) is 64.0 Å². The van der Waals surface area contributed by atoms with Gasteiger partial charge < -0.3 is 19.5 Å². The van der Waals surface area contributed by atoms with Crippen LogP contribution in [0.2, 0.25) is 0 Å². The van der Waals surface area contributed by atoms with Crippen molar-refractivity contribution in [2.24, 2.45) is 23.7 Å². The number of fused-ring (bicyclic) bond motifs is 3. The fourth-order valence-electron chi connectivity index (χ4n) is 6.70. The van der Waals surface area contributed by atoms with Gasteiger partial charge in [-0.1, -0.05) is 76.3 Å². The molecule has 8 heteroatoms. The highest BCUT2D eigenvalue weighted by Gasteiger charge is 2.54. The van der Waals surface area contributed by atoms with Crippen LogP contribution in [0.5, 0.6) is 0 Å². The van der Waals surface area contributed by atoms with Crippen LogP contribution in [0.15, 0.2) is 54.6 Å². The standard InChI is InChI=1S/C36H49NO7/c1-5-28(23-27-16-10-8-11-17-27)31-19-12-7-6-9-15-24(2)32(38)26(4)30-21-20-25(3)36(42,44-30)33(39)34(40)37-22-14-13-18-29(37)35(41)43-31/h6,8-12,16-17,19,24-26,28-31,42H,5,7,13-15,18,20-23H2,1-4H3/b9-6+,19-12+/t24-,25-,26+,28-,29+,30+,31+,36-/m1/s1. The summed E-state index contributed by atoms with van der Waals surface area (Å²) in [6, 6.07) is 9.12. The van der Waals surface area contributed by atoms with Gasteiger partial charge in [0.05, 0.1) is 6.10 Å². The molecule has 2 bridgehead atoms. The number of ether oxygens (including phenoxy) is 2. The minimum Gasteiger partial charge on any atom is -0.456 e. The molecule has 1 aromatic carbocycles. The Labute approximate surface area is 261 Å². The summed E-state index contributed by atoms with van der Waals surface area (Å²) in [4.78, 5) is 55.9. The zero-order chi connectivity index (χ0) is 31.9. The molecule has 44 heavy (non-hydrogen) atoms. The molecule has 3 aliphatic rings. The van der Waals surface area contributed by atoms with Crippen LogP contribution in [-0.2, 0) is 35.1 Å². The lowest BCUT2D eigenvalue weighted by Gasteiger charge is -2.43. The number of aliphatic hydroxyl groups is 1. The van der Waals surface area contributed by atoms with Crippen LogP contribution in [0.3, 0.4) is 0 Å².